The summed E-state index contributed by atoms with van der Waals surface area (Å²) in [6.07, 6.45) is 1.96. The predicted octanol–water partition coefficient (Wildman–Crippen LogP) is 2.64. The lowest BCUT2D eigenvalue weighted by atomic mass is 10.0. The SMILES string of the molecule is COC(=O)C(NC(=O)c1cc(SC)ccc1C)C(C)C. The van der Waals surface area contributed by atoms with Gasteiger partial charge in [-0.25, -0.2) is 4.79 Å². The first-order valence-corrected chi connectivity index (χ1v) is 7.66. The summed E-state index contributed by atoms with van der Waals surface area (Å²) in [5.74, 6) is -0.704. The lowest BCUT2D eigenvalue weighted by molar-refractivity contribution is -0.144. The van der Waals surface area contributed by atoms with Gasteiger partial charge in [0.2, 0.25) is 0 Å². The van der Waals surface area contributed by atoms with Crippen LogP contribution in [0.3, 0.4) is 0 Å². The van der Waals surface area contributed by atoms with E-state index in [1.807, 2.05) is 45.2 Å². The van der Waals surface area contributed by atoms with Crippen molar-refractivity contribution in [2.75, 3.05) is 13.4 Å². The minimum absolute atomic E-state index is 0.0320. The van der Waals surface area contributed by atoms with Crippen molar-refractivity contribution < 1.29 is 14.3 Å². The van der Waals surface area contributed by atoms with Gasteiger partial charge in [-0.15, -0.1) is 11.8 Å². The van der Waals surface area contributed by atoms with E-state index in [2.05, 4.69) is 5.32 Å². The van der Waals surface area contributed by atoms with Crippen molar-refractivity contribution in [3.05, 3.63) is 29.3 Å². The summed E-state index contributed by atoms with van der Waals surface area (Å²) in [6, 6.07) is 5.08. The fourth-order valence-corrected chi connectivity index (χ4v) is 2.26. The van der Waals surface area contributed by atoms with Crippen LogP contribution < -0.4 is 5.32 Å². The zero-order valence-corrected chi connectivity index (χ0v) is 13.3. The van der Waals surface area contributed by atoms with Gasteiger partial charge in [-0.2, -0.15) is 0 Å². The first-order valence-electron chi connectivity index (χ1n) is 6.44. The van der Waals surface area contributed by atoms with Crippen LogP contribution in [0.25, 0.3) is 0 Å². The molecule has 0 aliphatic carbocycles. The average molecular weight is 295 g/mol. The number of carbonyl (C=O) groups is 2. The summed E-state index contributed by atoms with van der Waals surface area (Å²) in [4.78, 5) is 25.0. The highest BCUT2D eigenvalue weighted by Gasteiger charge is 2.25. The molecule has 1 aromatic carbocycles. The lowest BCUT2D eigenvalue weighted by Crippen LogP contribution is -2.45. The number of hydrogen-bond donors (Lipinski definition) is 1. The molecule has 1 atom stereocenters. The molecule has 0 aliphatic rings. The molecule has 110 valence electrons. The maximum Gasteiger partial charge on any atom is 0.328 e. The summed E-state index contributed by atoms with van der Waals surface area (Å²) in [6.45, 7) is 5.61. The summed E-state index contributed by atoms with van der Waals surface area (Å²) >= 11 is 1.57. The molecule has 1 unspecified atom stereocenters. The topological polar surface area (TPSA) is 55.4 Å². The van der Waals surface area contributed by atoms with Gasteiger partial charge in [0.05, 0.1) is 7.11 Å². The zero-order chi connectivity index (χ0) is 15.3. The second kappa shape index (κ2) is 7.33. The number of esters is 1. The molecule has 1 aromatic rings. The van der Waals surface area contributed by atoms with Crippen molar-refractivity contribution in [3.63, 3.8) is 0 Å². The third-order valence-corrected chi connectivity index (χ3v) is 3.82. The molecule has 0 saturated carbocycles. The number of carbonyl (C=O) groups excluding carboxylic acids is 2. The fraction of sp³-hybridized carbons (Fsp3) is 0.467. The minimum atomic E-state index is -0.634. The van der Waals surface area contributed by atoms with Crippen LogP contribution in [0.1, 0.15) is 29.8 Å². The fourth-order valence-electron chi connectivity index (χ4n) is 1.82. The number of benzene rings is 1. The maximum atomic E-state index is 12.3. The van der Waals surface area contributed by atoms with Gasteiger partial charge in [-0.1, -0.05) is 19.9 Å². The van der Waals surface area contributed by atoms with Crippen molar-refractivity contribution in [2.24, 2.45) is 5.92 Å². The van der Waals surface area contributed by atoms with Crippen LogP contribution >= 0.6 is 11.8 Å². The van der Waals surface area contributed by atoms with Crippen molar-refractivity contribution in [1.29, 1.82) is 0 Å². The Morgan fingerprint density at radius 2 is 1.95 bits per heavy atom. The van der Waals surface area contributed by atoms with Gasteiger partial charge in [0.15, 0.2) is 0 Å². The van der Waals surface area contributed by atoms with Crippen LogP contribution in [0, 0.1) is 12.8 Å². The van der Waals surface area contributed by atoms with Gasteiger partial charge in [-0.05, 0) is 36.8 Å². The molecule has 0 fully saturated rings. The second-order valence-electron chi connectivity index (χ2n) is 4.90. The number of methoxy groups -OCH3 is 1. The molecule has 0 saturated heterocycles. The average Bonchev–Trinajstić information content (AvgIpc) is 2.43. The van der Waals surface area contributed by atoms with Crippen LogP contribution in [0.4, 0.5) is 0 Å². The highest BCUT2D eigenvalue weighted by molar-refractivity contribution is 7.98. The third kappa shape index (κ3) is 4.00. The van der Waals surface area contributed by atoms with Crippen molar-refractivity contribution >= 4 is 23.6 Å². The summed E-state index contributed by atoms with van der Waals surface area (Å²) in [5.41, 5.74) is 1.47. The van der Waals surface area contributed by atoms with E-state index in [9.17, 15) is 9.59 Å². The Kier molecular flexibility index (Phi) is 6.07. The summed E-state index contributed by atoms with van der Waals surface area (Å²) in [7, 11) is 1.32. The van der Waals surface area contributed by atoms with Gasteiger partial charge in [0.1, 0.15) is 6.04 Å². The Morgan fingerprint density at radius 3 is 2.45 bits per heavy atom. The Balaban J connectivity index is 2.97. The number of nitrogens with one attached hydrogen (secondary N) is 1. The van der Waals surface area contributed by atoms with Crippen molar-refractivity contribution in [3.8, 4) is 0 Å². The normalized spacial score (nSPS) is 12.1. The van der Waals surface area contributed by atoms with Gasteiger partial charge in [0, 0.05) is 10.5 Å². The molecule has 0 aromatic heterocycles. The largest absolute Gasteiger partial charge is 0.467 e. The van der Waals surface area contributed by atoms with E-state index in [0.29, 0.717) is 5.56 Å². The summed E-state index contributed by atoms with van der Waals surface area (Å²) in [5, 5.41) is 2.75. The molecule has 0 radical (unpaired) electrons. The van der Waals surface area contributed by atoms with E-state index in [1.54, 1.807) is 11.8 Å². The van der Waals surface area contributed by atoms with Crippen LogP contribution in [-0.4, -0.2) is 31.3 Å². The number of thioether (sulfide) groups is 1. The molecule has 20 heavy (non-hydrogen) atoms. The van der Waals surface area contributed by atoms with E-state index in [4.69, 9.17) is 4.74 Å². The maximum absolute atomic E-state index is 12.3. The summed E-state index contributed by atoms with van der Waals surface area (Å²) < 4.78 is 4.73. The molecule has 5 heteroatoms. The van der Waals surface area contributed by atoms with E-state index < -0.39 is 12.0 Å². The molecule has 0 bridgehead atoms. The number of ether oxygens (including phenoxy) is 1. The molecular formula is C15H21NO3S. The Hall–Kier alpha value is -1.49. The molecule has 0 aliphatic heterocycles. The number of rotatable bonds is 5. The van der Waals surface area contributed by atoms with E-state index >= 15 is 0 Å². The Bertz CT molecular complexity index is 500. The second-order valence-corrected chi connectivity index (χ2v) is 5.78. The molecule has 1 N–H and O–H groups in total. The van der Waals surface area contributed by atoms with Gasteiger partial charge >= 0.3 is 5.97 Å². The molecule has 0 spiro atoms. The standard InChI is InChI=1S/C15H21NO3S/c1-9(2)13(15(18)19-4)16-14(17)12-8-11(20-5)7-6-10(12)3/h6-9,13H,1-5H3,(H,16,17). The number of amides is 1. The van der Waals surface area contributed by atoms with E-state index in [1.165, 1.54) is 7.11 Å². The molecule has 0 heterocycles. The monoisotopic (exact) mass is 295 g/mol. The lowest BCUT2D eigenvalue weighted by Gasteiger charge is -2.20. The van der Waals surface area contributed by atoms with Crippen LogP contribution in [-0.2, 0) is 9.53 Å². The van der Waals surface area contributed by atoms with Crippen molar-refractivity contribution in [1.82, 2.24) is 5.32 Å². The number of aryl methyl sites for hydroxylation is 1. The molecular weight excluding hydrogens is 274 g/mol. The molecule has 1 amide bonds. The molecule has 1 rings (SSSR count). The Morgan fingerprint density at radius 1 is 1.30 bits per heavy atom. The van der Waals surface area contributed by atoms with Gasteiger partial charge < -0.3 is 10.1 Å². The first kappa shape index (κ1) is 16.6. The van der Waals surface area contributed by atoms with Crippen LogP contribution in [0.15, 0.2) is 23.1 Å². The number of hydrogen-bond acceptors (Lipinski definition) is 4. The third-order valence-electron chi connectivity index (χ3n) is 3.10. The van der Waals surface area contributed by atoms with Gasteiger partial charge in [0.25, 0.3) is 5.91 Å². The predicted molar refractivity (Wildman–Crippen MR) is 81.1 cm³/mol. The van der Waals surface area contributed by atoms with Crippen LogP contribution in [0.2, 0.25) is 0 Å². The van der Waals surface area contributed by atoms with Gasteiger partial charge in [-0.3, -0.25) is 4.79 Å². The zero-order valence-electron chi connectivity index (χ0n) is 12.5. The van der Waals surface area contributed by atoms with Crippen LogP contribution in [0.5, 0.6) is 0 Å². The van der Waals surface area contributed by atoms with Crippen molar-refractivity contribution in [2.45, 2.75) is 31.7 Å². The van der Waals surface area contributed by atoms with E-state index in [-0.39, 0.29) is 11.8 Å². The van der Waals surface area contributed by atoms with E-state index in [0.717, 1.165) is 10.5 Å². The first-order chi connectivity index (χ1) is 9.40. The quantitative estimate of drug-likeness (QED) is 0.670. The minimum Gasteiger partial charge on any atom is -0.467 e. The highest BCUT2D eigenvalue weighted by Crippen LogP contribution is 2.19. The molecule has 4 nitrogen and oxygen atoms in total. The Labute approximate surface area is 124 Å². The highest BCUT2D eigenvalue weighted by atomic mass is 32.2. The smallest absolute Gasteiger partial charge is 0.328 e.